The maximum absolute atomic E-state index is 12.8. The zero-order valence-electron chi connectivity index (χ0n) is 15.1. The van der Waals surface area contributed by atoms with Gasteiger partial charge in [-0.05, 0) is 44.9 Å². The maximum Gasteiger partial charge on any atom is 0.262 e. The van der Waals surface area contributed by atoms with Gasteiger partial charge in [-0.1, -0.05) is 42.6 Å². The first-order valence-electron chi connectivity index (χ1n) is 9.09. The predicted molar refractivity (Wildman–Crippen MR) is 107 cm³/mol. The topological polar surface area (TPSA) is 64.0 Å². The van der Waals surface area contributed by atoms with E-state index in [-0.39, 0.29) is 29.3 Å². The Labute approximate surface area is 162 Å². The van der Waals surface area contributed by atoms with Gasteiger partial charge < -0.3 is 5.32 Å². The van der Waals surface area contributed by atoms with Gasteiger partial charge in [-0.15, -0.1) is 0 Å². The lowest BCUT2D eigenvalue weighted by Gasteiger charge is -2.22. The molecule has 0 aliphatic heterocycles. The van der Waals surface area contributed by atoms with Gasteiger partial charge in [-0.25, -0.2) is 4.98 Å². The Hall–Kier alpha value is -1.53. The molecule has 2 aromatic rings. The average molecular weight is 394 g/mol. The van der Waals surface area contributed by atoms with Gasteiger partial charge in [0.1, 0.15) is 0 Å². The van der Waals surface area contributed by atoms with Crippen LogP contribution in [0.3, 0.4) is 0 Å². The molecule has 0 radical (unpaired) electrons. The first-order chi connectivity index (χ1) is 12.5. The molecule has 1 fully saturated rings. The Morgan fingerprint density at radius 2 is 2.08 bits per heavy atom. The number of rotatable bonds is 5. The Morgan fingerprint density at radius 1 is 1.35 bits per heavy atom. The molecule has 5 nitrogen and oxygen atoms in total. The zero-order valence-corrected chi connectivity index (χ0v) is 16.7. The molecular formula is C19H24ClN3O2S. The molecule has 1 saturated carbocycles. The van der Waals surface area contributed by atoms with E-state index >= 15 is 0 Å². The summed E-state index contributed by atoms with van der Waals surface area (Å²) in [6.07, 6.45) is 5.72. The van der Waals surface area contributed by atoms with Crippen LogP contribution >= 0.6 is 23.4 Å². The highest BCUT2D eigenvalue weighted by molar-refractivity contribution is 7.99. The van der Waals surface area contributed by atoms with Gasteiger partial charge in [0.05, 0.1) is 16.7 Å². The highest BCUT2D eigenvalue weighted by Gasteiger charge is 2.18. The maximum atomic E-state index is 12.8. The number of carbonyl (C=O) groups is 1. The van der Waals surface area contributed by atoms with Gasteiger partial charge in [0, 0.05) is 17.1 Å². The summed E-state index contributed by atoms with van der Waals surface area (Å²) >= 11 is 7.35. The van der Waals surface area contributed by atoms with Gasteiger partial charge in [-0.3, -0.25) is 14.2 Å². The third-order valence-corrected chi connectivity index (χ3v) is 5.84. The minimum Gasteiger partial charge on any atom is -0.353 e. The van der Waals surface area contributed by atoms with Gasteiger partial charge in [-0.2, -0.15) is 0 Å². The molecule has 26 heavy (non-hydrogen) atoms. The molecule has 1 aliphatic carbocycles. The van der Waals surface area contributed by atoms with Crippen LogP contribution < -0.4 is 10.9 Å². The van der Waals surface area contributed by atoms with E-state index in [1.165, 1.54) is 31.0 Å². The third-order valence-electron chi connectivity index (χ3n) is 4.65. The third kappa shape index (κ3) is 4.41. The van der Waals surface area contributed by atoms with Crippen LogP contribution in [0.1, 0.15) is 52.0 Å². The van der Waals surface area contributed by atoms with E-state index in [0.29, 0.717) is 21.1 Å². The fraction of sp³-hybridized carbons (Fsp3) is 0.526. The van der Waals surface area contributed by atoms with E-state index in [0.717, 1.165) is 12.8 Å². The zero-order chi connectivity index (χ0) is 18.7. The van der Waals surface area contributed by atoms with Crippen molar-refractivity contribution in [2.45, 2.75) is 63.2 Å². The number of hydrogen-bond acceptors (Lipinski definition) is 4. The summed E-state index contributed by atoms with van der Waals surface area (Å²) < 4.78 is 1.65. The van der Waals surface area contributed by atoms with E-state index in [1.54, 1.807) is 22.8 Å². The largest absolute Gasteiger partial charge is 0.353 e. The number of aromatic nitrogens is 2. The van der Waals surface area contributed by atoms with Gasteiger partial charge in [0.15, 0.2) is 5.16 Å². The SMILES string of the molecule is CC(C)n1c(SCC(=O)NC2CCCCC2)nc2cc(Cl)ccc2c1=O. The molecule has 0 spiro atoms. The number of nitrogens with zero attached hydrogens (tertiary/aromatic N) is 2. The van der Waals surface area contributed by atoms with Gasteiger partial charge in [0.2, 0.25) is 5.91 Å². The molecule has 0 saturated heterocycles. The van der Waals surface area contributed by atoms with E-state index in [4.69, 9.17) is 11.6 Å². The smallest absolute Gasteiger partial charge is 0.262 e. The van der Waals surface area contributed by atoms with Crippen molar-refractivity contribution >= 4 is 40.2 Å². The number of amides is 1. The van der Waals surface area contributed by atoms with Crippen LogP contribution in [0, 0.1) is 0 Å². The van der Waals surface area contributed by atoms with Crippen LogP contribution in [0.25, 0.3) is 10.9 Å². The second-order valence-corrected chi connectivity index (χ2v) is 8.39. The molecule has 140 valence electrons. The standard InChI is InChI=1S/C19H24ClN3O2S/c1-12(2)23-18(25)15-9-8-13(20)10-16(15)22-19(23)26-11-17(24)21-14-6-4-3-5-7-14/h8-10,12,14H,3-7,11H2,1-2H3,(H,21,24). The van der Waals surface area contributed by atoms with Crippen molar-refractivity contribution in [1.82, 2.24) is 14.9 Å². The van der Waals surface area contributed by atoms with E-state index in [2.05, 4.69) is 10.3 Å². The fourth-order valence-electron chi connectivity index (χ4n) is 3.36. The highest BCUT2D eigenvalue weighted by Crippen LogP contribution is 2.23. The molecule has 0 atom stereocenters. The summed E-state index contributed by atoms with van der Waals surface area (Å²) in [5.74, 6) is 0.250. The van der Waals surface area contributed by atoms with Crippen molar-refractivity contribution in [3.63, 3.8) is 0 Å². The number of hydrogen-bond donors (Lipinski definition) is 1. The van der Waals surface area contributed by atoms with E-state index in [9.17, 15) is 9.59 Å². The molecule has 1 amide bonds. The van der Waals surface area contributed by atoms with E-state index in [1.807, 2.05) is 13.8 Å². The van der Waals surface area contributed by atoms with Gasteiger partial charge in [0.25, 0.3) is 5.56 Å². The van der Waals surface area contributed by atoms with Crippen LogP contribution in [-0.2, 0) is 4.79 Å². The van der Waals surface area contributed by atoms with Crippen molar-refractivity contribution in [2.75, 3.05) is 5.75 Å². The average Bonchev–Trinajstić information content (AvgIpc) is 2.60. The summed E-state index contributed by atoms with van der Waals surface area (Å²) in [6, 6.07) is 5.33. The number of nitrogens with one attached hydrogen (secondary N) is 1. The molecule has 1 N–H and O–H groups in total. The summed E-state index contributed by atoms with van der Waals surface area (Å²) in [7, 11) is 0. The first-order valence-corrected chi connectivity index (χ1v) is 10.5. The number of carbonyl (C=O) groups excluding carboxylic acids is 1. The molecular weight excluding hydrogens is 370 g/mol. The van der Waals surface area contributed by atoms with Crippen LogP contribution in [0.4, 0.5) is 0 Å². The summed E-state index contributed by atoms with van der Waals surface area (Å²) in [4.78, 5) is 29.7. The molecule has 1 heterocycles. The summed E-state index contributed by atoms with van der Waals surface area (Å²) in [6.45, 7) is 3.88. The number of thioether (sulfide) groups is 1. The highest BCUT2D eigenvalue weighted by atomic mass is 35.5. The quantitative estimate of drug-likeness (QED) is 0.611. The Bertz CT molecular complexity index is 860. The minimum atomic E-state index is -0.100. The second-order valence-electron chi connectivity index (χ2n) is 7.02. The van der Waals surface area contributed by atoms with Crippen LogP contribution in [-0.4, -0.2) is 27.3 Å². The lowest BCUT2D eigenvalue weighted by atomic mass is 9.95. The Morgan fingerprint density at radius 3 is 2.77 bits per heavy atom. The van der Waals surface area contributed by atoms with Crippen molar-refractivity contribution in [3.8, 4) is 0 Å². The molecule has 1 aromatic carbocycles. The van der Waals surface area contributed by atoms with Crippen LogP contribution in [0.15, 0.2) is 28.2 Å². The van der Waals surface area contributed by atoms with Crippen molar-refractivity contribution in [3.05, 3.63) is 33.6 Å². The molecule has 3 rings (SSSR count). The number of fused-ring (bicyclic) bond motifs is 1. The van der Waals surface area contributed by atoms with Crippen LogP contribution in [0.2, 0.25) is 5.02 Å². The molecule has 7 heteroatoms. The molecule has 1 aliphatic rings. The predicted octanol–water partition coefficient (Wildman–Crippen LogP) is 4.17. The van der Waals surface area contributed by atoms with Crippen LogP contribution in [0.5, 0.6) is 0 Å². The lowest BCUT2D eigenvalue weighted by molar-refractivity contribution is -0.119. The second kappa shape index (κ2) is 8.44. The lowest BCUT2D eigenvalue weighted by Crippen LogP contribution is -2.37. The Balaban J connectivity index is 1.80. The monoisotopic (exact) mass is 393 g/mol. The summed E-state index contributed by atoms with van der Waals surface area (Å²) in [5, 5.41) is 4.74. The fourth-order valence-corrected chi connectivity index (χ4v) is 4.46. The van der Waals surface area contributed by atoms with Gasteiger partial charge >= 0.3 is 0 Å². The van der Waals surface area contributed by atoms with Crippen molar-refractivity contribution in [1.29, 1.82) is 0 Å². The molecule has 1 aromatic heterocycles. The number of halogens is 1. The molecule has 0 unspecified atom stereocenters. The van der Waals surface area contributed by atoms with E-state index < -0.39 is 0 Å². The Kier molecular flexibility index (Phi) is 6.24. The normalized spacial score (nSPS) is 15.5. The summed E-state index contributed by atoms with van der Waals surface area (Å²) in [5.41, 5.74) is 0.464. The molecule has 0 bridgehead atoms. The number of benzene rings is 1. The van der Waals surface area contributed by atoms with Crippen molar-refractivity contribution < 1.29 is 4.79 Å². The minimum absolute atomic E-state index is 0.00218. The van der Waals surface area contributed by atoms with Crippen molar-refractivity contribution in [2.24, 2.45) is 0 Å². The first kappa shape index (κ1) is 19.2.